The average molecular weight is 676 g/mol. The van der Waals surface area contributed by atoms with Crippen LogP contribution >= 0.6 is 0 Å². The van der Waals surface area contributed by atoms with E-state index < -0.39 is 35.5 Å². The molecule has 0 aromatic heterocycles. The Morgan fingerprint density at radius 3 is 2.82 bits per heavy atom. The van der Waals surface area contributed by atoms with Crippen molar-refractivity contribution in [2.24, 2.45) is 22.4 Å². The summed E-state index contributed by atoms with van der Waals surface area (Å²) in [6.45, 7) is 1.31. The maximum atomic E-state index is 13.3. The number of nitrogens with one attached hydrogen (secondary N) is 2. The summed E-state index contributed by atoms with van der Waals surface area (Å²) in [6.07, 6.45) is 1.69. The molecule has 260 valence electrons. The van der Waals surface area contributed by atoms with Crippen LogP contribution in [0.1, 0.15) is 47.2 Å². The zero-order chi connectivity index (χ0) is 34.4. The third-order valence-corrected chi connectivity index (χ3v) is 10.5. The van der Waals surface area contributed by atoms with E-state index in [-0.39, 0.29) is 50.3 Å². The SMILES string of the molecule is CN(CCNC(=O)[C@H](CCCN=C(N)N)NC(=O)c1ccc2c(c1)OCO2)C(=O)Oc1ccc2c3c1OC1C(=O)CCC4[C@@H](C2)N(C)C[C@]314. The predicted molar refractivity (Wildman–Crippen MR) is 176 cm³/mol. The number of carbonyl (C=O) groups is 4. The van der Waals surface area contributed by atoms with Crippen molar-refractivity contribution < 1.29 is 38.1 Å². The standard InChI is InChI=1S/C34H41N7O8/c1-40(13-12-37-31(44)21(4-3-11-38-32(35)36)39-30(43)19-6-9-24-26(15-19)47-17-46-24)33(45)48-25-10-5-18-14-22-20-7-8-23(42)29-34(20,16-41(22)2)27(18)28(25)49-29/h5-6,9-10,15,20-22,29H,3-4,7-8,11-14,16-17H2,1-2H3,(H,37,44)(H,39,43)(H4,35,36,38)/t20?,21-,22+,29?,34-/m0/s1. The first-order valence-corrected chi connectivity index (χ1v) is 16.6. The van der Waals surface area contributed by atoms with Crippen LogP contribution in [0, 0.1) is 5.92 Å². The third-order valence-electron chi connectivity index (χ3n) is 10.5. The Hall–Kier alpha value is -5.05. The number of Topliss-reactive ketones (excluding diaryl/α,β-unsaturated/α-hetero) is 1. The lowest BCUT2D eigenvalue weighted by molar-refractivity contribution is -0.132. The number of rotatable bonds is 11. The summed E-state index contributed by atoms with van der Waals surface area (Å²) < 4.78 is 22.9. The van der Waals surface area contributed by atoms with Crippen molar-refractivity contribution in [2.75, 3.05) is 47.1 Å². The van der Waals surface area contributed by atoms with Gasteiger partial charge in [0.1, 0.15) is 6.04 Å². The second-order valence-corrected chi connectivity index (χ2v) is 13.4. The highest BCUT2D eigenvalue weighted by Crippen LogP contribution is 2.63. The number of hydrogen-bond donors (Lipinski definition) is 4. The normalized spacial score (nSPS) is 24.4. The number of benzene rings is 2. The lowest BCUT2D eigenvalue weighted by Crippen LogP contribution is -2.55. The summed E-state index contributed by atoms with van der Waals surface area (Å²) in [5.41, 5.74) is 12.9. The first-order chi connectivity index (χ1) is 23.6. The van der Waals surface area contributed by atoms with Crippen LogP contribution in [-0.4, -0.2) is 105 Å². The zero-order valence-electron chi connectivity index (χ0n) is 27.5. The van der Waals surface area contributed by atoms with Crippen LogP contribution < -0.4 is 41.0 Å². The highest BCUT2D eigenvalue weighted by molar-refractivity contribution is 5.98. The lowest BCUT2D eigenvalue weighted by Gasteiger charge is -2.43. The van der Waals surface area contributed by atoms with Crippen molar-refractivity contribution in [2.45, 2.75) is 55.7 Å². The molecule has 1 saturated carbocycles. The number of likely N-dealkylation sites (N-methyl/N-ethyl adjacent to an activating group) is 2. The van der Waals surface area contributed by atoms with Crippen LogP contribution in [-0.2, 0) is 21.4 Å². The summed E-state index contributed by atoms with van der Waals surface area (Å²) in [7, 11) is 3.68. The quantitative estimate of drug-likeness (QED) is 0.148. The fourth-order valence-corrected chi connectivity index (χ4v) is 8.22. The van der Waals surface area contributed by atoms with Gasteiger partial charge in [-0.25, -0.2) is 4.79 Å². The van der Waals surface area contributed by atoms with Gasteiger partial charge in [-0.15, -0.1) is 0 Å². The van der Waals surface area contributed by atoms with Crippen LogP contribution in [0.3, 0.4) is 0 Å². The van der Waals surface area contributed by atoms with Gasteiger partial charge in [-0.05, 0) is 68.5 Å². The van der Waals surface area contributed by atoms with E-state index in [1.165, 1.54) is 4.90 Å². The van der Waals surface area contributed by atoms with Gasteiger partial charge in [-0.3, -0.25) is 19.4 Å². The number of fused-ring (bicyclic) bond motifs is 1. The van der Waals surface area contributed by atoms with Crippen LogP contribution in [0.15, 0.2) is 35.3 Å². The molecule has 5 aliphatic rings. The fraction of sp³-hybridized carbons (Fsp3) is 0.500. The molecule has 6 N–H and O–H groups in total. The minimum absolute atomic E-state index is 0.0634. The minimum atomic E-state index is -0.898. The molecular weight excluding hydrogens is 634 g/mol. The lowest BCUT2D eigenvalue weighted by atomic mass is 9.57. The van der Waals surface area contributed by atoms with Gasteiger partial charge in [0.2, 0.25) is 12.7 Å². The summed E-state index contributed by atoms with van der Waals surface area (Å²) in [5.74, 6) is 1.23. The van der Waals surface area contributed by atoms with Crippen molar-refractivity contribution in [3.05, 3.63) is 47.0 Å². The van der Waals surface area contributed by atoms with Gasteiger partial charge in [0.15, 0.2) is 40.8 Å². The van der Waals surface area contributed by atoms with Crippen molar-refractivity contribution in [1.29, 1.82) is 0 Å². The van der Waals surface area contributed by atoms with Crippen molar-refractivity contribution in [3.63, 3.8) is 0 Å². The van der Waals surface area contributed by atoms with Crippen molar-refractivity contribution in [3.8, 4) is 23.0 Å². The van der Waals surface area contributed by atoms with Crippen molar-refractivity contribution in [1.82, 2.24) is 20.4 Å². The molecule has 2 fully saturated rings. The molecule has 2 unspecified atom stereocenters. The molecule has 1 spiro atoms. The number of nitrogens with zero attached hydrogens (tertiary/aromatic N) is 3. The Bertz CT molecular complexity index is 1730. The van der Waals surface area contributed by atoms with Gasteiger partial charge in [-0.1, -0.05) is 6.07 Å². The molecule has 49 heavy (non-hydrogen) atoms. The topological polar surface area (TPSA) is 200 Å². The first-order valence-electron chi connectivity index (χ1n) is 16.6. The largest absolute Gasteiger partial charge is 0.477 e. The molecule has 15 nitrogen and oxygen atoms in total. The molecule has 2 aromatic rings. The monoisotopic (exact) mass is 675 g/mol. The number of guanidine groups is 1. The second kappa shape index (κ2) is 12.8. The van der Waals surface area contributed by atoms with Gasteiger partial charge in [0.25, 0.3) is 5.91 Å². The number of ketones is 1. The minimum Gasteiger partial charge on any atom is -0.477 e. The molecule has 0 radical (unpaired) electrons. The molecular formula is C34H41N7O8. The van der Waals surface area contributed by atoms with Gasteiger partial charge in [-0.2, -0.15) is 0 Å². The van der Waals surface area contributed by atoms with Gasteiger partial charge in [0, 0.05) is 56.8 Å². The highest BCUT2D eigenvalue weighted by Gasteiger charge is 2.68. The Morgan fingerprint density at radius 2 is 2.00 bits per heavy atom. The van der Waals surface area contributed by atoms with Crippen LogP contribution in [0.4, 0.5) is 4.79 Å². The van der Waals surface area contributed by atoms with E-state index in [1.54, 1.807) is 31.3 Å². The molecule has 2 aliphatic carbocycles. The third kappa shape index (κ3) is 5.75. The first kappa shape index (κ1) is 32.5. The number of aliphatic imine (C=N–C) groups is 1. The fourth-order valence-electron chi connectivity index (χ4n) is 8.22. The van der Waals surface area contributed by atoms with Crippen LogP contribution in [0.5, 0.6) is 23.0 Å². The molecule has 7 rings (SSSR count). The predicted octanol–water partition coefficient (Wildman–Crippen LogP) is 0.662. The Labute approximate surface area is 283 Å². The van der Waals surface area contributed by atoms with E-state index in [4.69, 9.17) is 30.4 Å². The molecule has 5 atom stereocenters. The summed E-state index contributed by atoms with van der Waals surface area (Å²) >= 11 is 0. The van der Waals surface area contributed by atoms with Crippen LogP contribution in [0.2, 0.25) is 0 Å². The molecule has 1 saturated heterocycles. The number of ether oxygens (including phenoxy) is 4. The Balaban J connectivity index is 0.975. The summed E-state index contributed by atoms with van der Waals surface area (Å²) in [6, 6.07) is 7.98. The average Bonchev–Trinajstić information content (AvgIpc) is 3.74. The molecule has 3 aliphatic heterocycles. The van der Waals surface area contributed by atoms with E-state index in [9.17, 15) is 19.2 Å². The van der Waals surface area contributed by atoms with E-state index in [0.29, 0.717) is 47.6 Å². The van der Waals surface area contributed by atoms with E-state index in [1.807, 2.05) is 6.07 Å². The van der Waals surface area contributed by atoms with E-state index >= 15 is 0 Å². The zero-order valence-corrected chi connectivity index (χ0v) is 27.5. The molecule has 15 heteroatoms. The van der Waals surface area contributed by atoms with Crippen LogP contribution in [0.25, 0.3) is 0 Å². The second-order valence-electron chi connectivity index (χ2n) is 13.4. The summed E-state index contributed by atoms with van der Waals surface area (Å²) in [5, 5.41) is 5.58. The number of nitrogens with two attached hydrogens (primary N) is 2. The van der Waals surface area contributed by atoms with Gasteiger partial charge >= 0.3 is 6.09 Å². The Morgan fingerprint density at radius 1 is 1.18 bits per heavy atom. The number of hydrogen-bond acceptors (Lipinski definition) is 10. The van der Waals surface area contributed by atoms with E-state index in [2.05, 4.69) is 27.6 Å². The van der Waals surface area contributed by atoms with Crippen molar-refractivity contribution >= 4 is 29.7 Å². The Kier molecular flexibility index (Phi) is 8.47. The maximum absolute atomic E-state index is 13.3. The van der Waals surface area contributed by atoms with E-state index in [0.717, 1.165) is 30.5 Å². The molecule has 3 amide bonds. The molecule has 2 bridgehead atoms. The summed E-state index contributed by atoms with van der Waals surface area (Å²) in [4.78, 5) is 60.3. The highest BCUT2D eigenvalue weighted by atomic mass is 16.7. The number of amides is 3. The molecule has 3 heterocycles. The number of likely N-dealkylation sites (tertiary alicyclic amines) is 1. The van der Waals surface area contributed by atoms with Gasteiger partial charge < -0.3 is 50.8 Å². The molecule has 2 aromatic carbocycles. The van der Waals surface area contributed by atoms with Gasteiger partial charge in [0.05, 0.1) is 5.41 Å². The number of carbonyl (C=O) groups excluding carboxylic acids is 4. The maximum Gasteiger partial charge on any atom is 0.415 e. The smallest absolute Gasteiger partial charge is 0.415 e.